The summed E-state index contributed by atoms with van der Waals surface area (Å²) in [6.45, 7) is 0.557. The van der Waals surface area contributed by atoms with Crippen LogP contribution >= 0.6 is 0 Å². The molecule has 0 atom stereocenters. The molecule has 104 valence electrons. The molecule has 0 unspecified atom stereocenters. The van der Waals surface area contributed by atoms with Crippen LogP contribution in [0.5, 0.6) is 5.75 Å². The lowest BCUT2D eigenvalue weighted by Crippen LogP contribution is -2.20. The average Bonchev–Trinajstić information content (AvgIpc) is 2.37. The molecule has 1 aromatic rings. The zero-order valence-corrected chi connectivity index (χ0v) is 10.3. The van der Waals surface area contributed by atoms with Gasteiger partial charge in [-0.1, -0.05) is 0 Å². The molecule has 2 N–H and O–H groups in total. The molecule has 8 heteroatoms. The van der Waals surface area contributed by atoms with Gasteiger partial charge in [-0.05, 0) is 6.07 Å². The minimum Gasteiger partial charge on any atom is -0.491 e. The second-order valence-electron chi connectivity index (χ2n) is 3.55. The van der Waals surface area contributed by atoms with E-state index in [2.05, 4.69) is 5.32 Å². The number of nitrogens with one attached hydrogen (secondary N) is 1. The number of nitro benzene ring substituents is 1. The van der Waals surface area contributed by atoms with Gasteiger partial charge in [0.1, 0.15) is 12.4 Å². The first kappa shape index (κ1) is 14.7. The number of benzene rings is 1. The van der Waals surface area contributed by atoms with Gasteiger partial charge in [-0.15, -0.1) is 0 Å². The van der Waals surface area contributed by atoms with Crippen molar-refractivity contribution in [1.29, 1.82) is 0 Å². The van der Waals surface area contributed by atoms with Crippen LogP contribution in [0, 0.1) is 10.1 Å². The Bertz CT molecular complexity index is 462. The third kappa shape index (κ3) is 4.80. The standard InChI is InChI=1S/C11H14N2O6/c1-18-4-5-19-10-6-9(13(16)17)3-2-8(10)7-12-11(14)15/h2-3,6,12H,4-5,7H2,1H3,(H,14,15). The van der Waals surface area contributed by atoms with Crippen LogP contribution in [-0.4, -0.2) is 36.4 Å². The van der Waals surface area contributed by atoms with E-state index in [9.17, 15) is 14.9 Å². The molecular weight excluding hydrogens is 256 g/mol. The third-order valence-electron chi connectivity index (χ3n) is 2.24. The van der Waals surface area contributed by atoms with Gasteiger partial charge in [-0.25, -0.2) is 4.79 Å². The topological polar surface area (TPSA) is 111 Å². The van der Waals surface area contributed by atoms with Crippen LogP contribution < -0.4 is 10.1 Å². The number of non-ortho nitro benzene ring substituents is 1. The Hall–Kier alpha value is -2.35. The molecular formula is C11H14N2O6. The Kier molecular flexibility index (Phi) is 5.55. The van der Waals surface area contributed by atoms with E-state index >= 15 is 0 Å². The zero-order valence-electron chi connectivity index (χ0n) is 10.3. The quantitative estimate of drug-likeness (QED) is 0.440. The number of nitro groups is 1. The summed E-state index contributed by atoms with van der Waals surface area (Å²) in [5.41, 5.74) is 0.399. The first-order valence-electron chi connectivity index (χ1n) is 5.40. The summed E-state index contributed by atoms with van der Waals surface area (Å²) in [6, 6.07) is 4.01. The average molecular weight is 270 g/mol. The lowest BCUT2D eigenvalue weighted by Gasteiger charge is -2.11. The van der Waals surface area contributed by atoms with Crippen molar-refractivity contribution in [2.24, 2.45) is 0 Å². The van der Waals surface area contributed by atoms with Crippen LogP contribution in [0.4, 0.5) is 10.5 Å². The number of hydrogen-bond donors (Lipinski definition) is 2. The number of nitrogens with zero attached hydrogens (tertiary/aromatic N) is 1. The molecule has 19 heavy (non-hydrogen) atoms. The predicted molar refractivity (Wildman–Crippen MR) is 65.3 cm³/mol. The lowest BCUT2D eigenvalue weighted by atomic mass is 10.2. The smallest absolute Gasteiger partial charge is 0.404 e. The van der Waals surface area contributed by atoms with Gasteiger partial charge >= 0.3 is 6.09 Å². The van der Waals surface area contributed by atoms with E-state index in [0.717, 1.165) is 0 Å². The molecule has 0 aliphatic heterocycles. The van der Waals surface area contributed by atoms with E-state index in [4.69, 9.17) is 14.6 Å². The second kappa shape index (κ2) is 7.17. The van der Waals surface area contributed by atoms with E-state index in [-0.39, 0.29) is 24.6 Å². The van der Waals surface area contributed by atoms with Crippen molar-refractivity contribution in [3.05, 3.63) is 33.9 Å². The molecule has 0 fully saturated rings. The largest absolute Gasteiger partial charge is 0.491 e. The maximum atomic E-state index is 10.7. The molecule has 0 aliphatic carbocycles. The van der Waals surface area contributed by atoms with Crippen molar-refractivity contribution >= 4 is 11.8 Å². The van der Waals surface area contributed by atoms with Gasteiger partial charge < -0.3 is 19.9 Å². The summed E-state index contributed by atoms with van der Waals surface area (Å²) < 4.78 is 10.1. The molecule has 0 bridgehead atoms. The summed E-state index contributed by atoms with van der Waals surface area (Å²) in [5, 5.41) is 21.4. The maximum absolute atomic E-state index is 10.7. The Morgan fingerprint density at radius 2 is 2.21 bits per heavy atom. The van der Waals surface area contributed by atoms with Crippen LogP contribution in [0.15, 0.2) is 18.2 Å². The van der Waals surface area contributed by atoms with Crippen molar-refractivity contribution in [3.63, 3.8) is 0 Å². The molecule has 0 heterocycles. The number of ether oxygens (including phenoxy) is 2. The number of hydrogen-bond acceptors (Lipinski definition) is 5. The van der Waals surface area contributed by atoms with Crippen LogP contribution in [0.3, 0.4) is 0 Å². The van der Waals surface area contributed by atoms with E-state index < -0.39 is 11.0 Å². The molecule has 1 amide bonds. The number of methoxy groups -OCH3 is 1. The van der Waals surface area contributed by atoms with E-state index in [1.54, 1.807) is 0 Å². The van der Waals surface area contributed by atoms with Crippen molar-refractivity contribution in [2.75, 3.05) is 20.3 Å². The monoisotopic (exact) mass is 270 g/mol. The van der Waals surface area contributed by atoms with Gasteiger partial charge in [0.15, 0.2) is 0 Å². The summed E-state index contributed by atoms with van der Waals surface area (Å²) in [6.07, 6.45) is -1.18. The highest BCUT2D eigenvalue weighted by Crippen LogP contribution is 2.24. The predicted octanol–water partition coefficient (Wildman–Crippen LogP) is 1.39. The van der Waals surface area contributed by atoms with E-state index in [1.165, 1.54) is 25.3 Å². The van der Waals surface area contributed by atoms with Crippen molar-refractivity contribution in [3.8, 4) is 5.75 Å². The molecule has 0 saturated heterocycles. The van der Waals surface area contributed by atoms with Gasteiger partial charge in [0.25, 0.3) is 5.69 Å². The summed E-state index contributed by atoms with van der Waals surface area (Å²) in [7, 11) is 1.50. The van der Waals surface area contributed by atoms with Crippen molar-refractivity contribution in [1.82, 2.24) is 5.32 Å². The Morgan fingerprint density at radius 1 is 1.47 bits per heavy atom. The SMILES string of the molecule is COCCOc1cc([N+](=O)[O-])ccc1CNC(=O)O. The highest BCUT2D eigenvalue weighted by atomic mass is 16.6. The minimum atomic E-state index is -1.18. The third-order valence-corrected chi connectivity index (χ3v) is 2.24. The van der Waals surface area contributed by atoms with Crippen molar-refractivity contribution < 1.29 is 24.3 Å². The van der Waals surface area contributed by atoms with Crippen molar-refractivity contribution in [2.45, 2.75) is 6.54 Å². The summed E-state index contributed by atoms with van der Waals surface area (Å²) in [4.78, 5) is 20.6. The molecule has 1 aromatic carbocycles. The fourth-order valence-corrected chi connectivity index (χ4v) is 1.34. The first-order valence-corrected chi connectivity index (χ1v) is 5.40. The fourth-order valence-electron chi connectivity index (χ4n) is 1.34. The molecule has 0 radical (unpaired) electrons. The van der Waals surface area contributed by atoms with Crippen LogP contribution in [0.25, 0.3) is 0 Å². The van der Waals surface area contributed by atoms with Gasteiger partial charge in [0, 0.05) is 25.3 Å². The number of rotatable bonds is 7. The fraction of sp³-hybridized carbons (Fsp3) is 0.364. The Morgan fingerprint density at radius 3 is 2.79 bits per heavy atom. The van der Waals surface area contributed by atoms with E-state index in [1.807, 2.05) is 0 Å². The molecule has 0 saturated carbocycles. The molecule has 8 nitrogen and oxygen atoms in total. The van der Waals surface area contributed by atoms with Gasteiger partial charge in [0.2, 0.25) is 0 Å². The number of carboxylic acid groups (broad SMARTS) is 1. The first-order chi connectivity index (χ1) is 9.04. The van der Waals surface area contributed by atoms with Crippen LogP contribution in [0.1, 0.15) is 5.56 Å². The highest BCUT2D eigenvalue weighted by molar-refractivity contribution is 5.64. The van der Waals surface area contributed by atoms with Gasteiger partial charge in [-0.3, -0.25) is 10.1 Å². The Labute approximate surface area is 109 Å². The molecule has 0 spiro atoms. The minimum absolute atomic E-state index is 0.00957. The summed E-state index contributed by atoms with van der Waals surface area (Å²) in [5.74, 6) is 0.264. The molecule has 1 rings (SSSR count). The second-order valence-corrected chi connectivity index (χ2v) is 3.55. The van der Waals surface area contributed by atoms with Gasteiger partial charge in [-0.2, -0.15) is 0 Å². The molecule has 0 aromatic heterocycles. The zero-order chi connectivity index (χ0) is 14.3. The maximum Gasteiger partial charge on any atom is 0.404 e. The van der Waals surface area contributed by atoms with Crippen LogP contribution in [-0.2, 0) is 11.3 Å². The number of carbonyl (C=O) groups is 1. The Balaban J connectivity index is 2.86. The molecule has 0 aliphatic rings. The van der Waals surface area contributed by atoms with E-state index in [0.29, 0.717) is 12.2 Å². The number of amides is 1. The lowest BCUT2D eigenvalue weighted by molar-refractivity contribution is -0.385. The normalized spacial score (nSPS) is 9.95. The van der Waals surface area contributed by atoms with Crippen LogP contribution in [0.2, 0.25) is 0 Å². The highest BCUT2D eigenvalue weighted by Gasteiger charge is 2.12. The van der Waals surface area contributed by atoms with Gasteiger partial charge in [0.05, 0.1) is 17.6 Å². The summed E-state index contributed by atoms with van der Waals surface area (Å²) >= 11 is 0.